The Bertz CT molecular complexity index is 576. The van der Waals surface area contributed by atoms with Gasteiger partial charge < -0.3 is 5.32 Å². The number of benzene rings is 1. The van der Waals surface area contributed by atoms with E-state index in [-0.39, 0.29) is 16.9 Å². The van der Waals surface area contributed by atoms with E-state index in [2.05, 4.69) is 15.0 Å². The SMILES string of the molecule is Cc1ccc2c(c1)NC(=NC(C)C)NS2(=O)=O. The van der Waals surface area contributed by atoms with E-state index in [1.807, 2.05) is 20.8 Å². The van der Waals surface area contributed by atoms with E-state index >= 15 is 0 Å². The fraction of sp³-hybridized carbons (Fsp3) is 0.364. The quantitative estimate of drug-likeness (QED) is 0.796. The Morgan fingerprint density at radius 1 is 1.29 bits per heavy atom. The zero-order chi connectivity index (χ0) is 12.6. The molecule has 1 aromatic rings. The van der Waals surface area contributed by atoms with Gasteiger partial charge in [0.2, 0.25) is 5.96 Å². The molecule has 1 aliphatic rings. The van der Waals surface area contributed by atoms with Crippen molar-refractivity contribution in [1.82, 2.24) is 4.72 Å². The molecule has 0 fully saturated rings. The van der Waals surface area contributed by atoms with E-state index in [4.69, 9.17) is 0 Å². The van der Waals surface area contributed by atoms with Crippen LogP contribution in [0, 0.1) is 6.92 Å². The molecule has 0 saturated carbocycles. The van der Waals surface area contributed by atoms with Gasteiger partial charge in [0, 0.05) is 6.04 Å². The Hall–Kier alpha value is -1.56. The Labute approximate surface area is 101 Å². The minimum atomic E-state index is -3.50. The van der Waals surface area contributed by atoms with Gasteiger partial charge in [0.05, 0.1) is 5.69 Å². The number of hydrogen-bond donors (Lipinski definition) is 2. The Morgan fingerprint density at radius 3 is 2.65 bits per heavy atom. The van der Waals surface area contributed by atoms with E-state index in [0.717, 1.165) is 5.56 Å². The molecule has 1 heterocycles. The van der Waals surface area contributed by atoms with Crippen LogP contribution in [0.5, 0.6) is 0 Å². The second-order valence-corrected chi connectivity index (χ2v) is 5.95. The first-order valence-corrected chi connectivity index (χ1v) is 6.85. The molecule has 0 unspecified atom stereocenters. The third-order valence-corrected chi connectivity index (χ3v) is 3.69. The van der Waals surface area contributed by atoms with Gasteiger partial charge in [-0.1, -0.05) is 6.07 Å². The fourth-order valence-corrected chi connectivity index (χ4v) is 2.74. The van der Waals surface area contributed by atoms with E-state index < -0.39 is 10.0 Å². The van der Waals surface area contributed by atoms with Crippen LogP contribution in [0.25, 0.3) is 0 Å². The van der Waals surface area contributed by atoms with Crippen LogP contribution in [0.3, 0.4) is 0 Å². The maximum Gasteiger partial charge on any atom is 0.266 e. The smallest absolute Gasteiger partial charge is 0.266 e. The number of aliphatic imine (C=N–C) groups is 1. The monoisotopic (exact) mass is 253 g/mol. The van der Waals surface area contributed by atoms with Crippen LogP contribution < -0.4 is 10.0 Å². The van der Waals surface area contributed by atoms with Crippen LogP contribution in [0.4, 0.5) is 5.69 Å². The van der Waals surface area contributed by atoms with Gasteiger partial charge >= 0.3 is 0 Å². The van der Waals surface area contributed by atoms with Gasteiger partial charge in [0.25, 0.3) is 10.0 Å². The Balaban J connectivity index is 2.53. The molecule has 2 N–H and O–H groups in total. The average molecular weight is 253 g/mol. The number of aryl methyl sites for hydroxylation is 1. The number of fused-ring (bicyclic) bond motifs is 1. The normalized spacial score (nSPS) is 19.6. The van der Waals surface area contributed by atoms with Gasteiger partial charge in [-0.2, -0.15) is 0 Å². The van der Waals surface area contributed by atoms with Gasteiger partial charge in [-0.15, -0.1) is 0 Å². The second kappa shape index (κ2) is 4.03. The van der Waals surface area contributed by atoms with Crippen molar-refractivity contribution in [2.75, 3.05) is 5.32 Å². The molecule has 0 saturated heterocycles. The van der Waals surface area contributed by atoms with Crippen LogP contribution >= 0.6 is 0 Å². The number of guanidine groups is 1. The zero-order valence-electron chi connectivity index (χ0n) is 9.98. The van der Waals surface area contributed by atoms with Crippen LogP contribution in [0.2, 0.25) is 0 Å². The first kappa shape index (κ1) is 11.9. The van der Waals surface area contributed by atoms with E-state index in [9.17, 15) is 8.42 Å². The van der Waals surface area contributed by atoms with Gasteiger partial charge in [-0.25, -0.2) is 18.1 Å². The van der Waals surface area contributed by atoms with Crippen molar-refractivity contribution in [3.63, 3.8) is 0 Å². The summed E-state index contributed by atoms with van der Waals surface area (Å²) in [5, 5.41) is 2.98. The van der Waals surface area contributed by atoms with Crippen molar-refractivity contribution in [2.45, 2.75) is 31.7 Å². The molecule has 6 heteroatoms. The van der Waals surface area contributed by atoms with Crippen molar-refractivity contribution in [3.8, 4) is 0 Å². The minimum absolute atomic E-state index is 0.0200. The topological polar surface area (TPSA) is 70.6 Å². The number of rotatable bonds is 1. The second-order valence-electron chi connectivity index (χ2n) is 4.30. The summed E-state index contributed by atoms with van der Waals surface area (Å²) in [6, 6.07) is 5.17. The van der Waals surface area contributed by atoms with E-state index in [1.165, 1.54) is 0 Å². The summed E-state index contributed by atoms with van der Waals surface area (Å²) in [5.41, 5.74) is 1.57. The zero-order valence-corrected chi connectivity index (χ0v) is 10.8. The molecule has 2 rings (SSSR count). The van der Waals surface area contributed by atoms with Crippen LogP contribution in [-0.2, 0) is 10.0 Å². The number of sulfonamides is 1. The number of nitrogens with zero attached hydrogens (tertiary/aromatic N) is 1. The molecule has 0 radical (unpaired) electrons. The molecule has 1 aliphatic heterocycles. The van der Waals surface area contributed by atoms with Gasteiger partial charge in [0.1, 0.15) is 4.90 Å². The fourth-order valence-electron chi connectivity index (χ4n) is 1.63. The average Bonchev–Trinajstić information content (AvgIpc) is 2.13. The lowest BCUT2D eigenvalue weighted by atomic mass is 10.2. The summed E-state index contributed by atoms with van der Waals surface area (Å²) >= 11 is 0. The molecule has 0 aromatic heterocycles. The molecule has 0 atom stereocenters. The van der Waals surface area contributed by atoms with Gasteiger partial charge in [0.15, 0.2) is 0 Å². The van der Waals surface area contributed by atoms with Crippen molar-refractivity contribution in [2.24, 2.45) is 4.99 Å². The van der Waals surface area contributed by atoms with E-state index in [0.29, 0.717) is 5.69 Å². The first-order valence-electron chi connectivity index (χ1n) is 5.37. The van der Waals surface area contributed by atoms with Gasteiger partial charge in [-0.3, -0.25) is 0 Å². The highest BCUT2D eigenvalue weighted by Crippen LogP contribution is 2.25. The van der Waals surface area contributed by atoms with Crippen molar-refractivity contribution in [3.05, 3.63) is 23.8 Å². The maximum absolute atomic E-state index is 11.9. The number of hydrogen-bond acceptors (Lipinski definition) is 3. The number of anilines is 1. The van der Waals surface area contributed by atoms with Gasteiger partial charge in [-0.05, 0) is 38.5 Å². The largest absolute Gasteiger partial charge is 0.324 e. The summed E-state index contributed by atoms with van der Waals surface area (Å²) in [4.78, 5) is 4.43. The highest BCUT2D eigenvalue weighted by Gasteiger charge is 2.26. The summed E-state index contributed by atoms with van der Waals surface area (Å²) in [5.74, 6) is 0.276. The molecule has 0 spiro atoms. The highest BCUT2D eigenvalue weighted by molar-refractivity contribution is 7.90. The summed E-state index contributed by atoms with van der Waals surface area (Å²) in [7, 11) is -3.50. The highest BCUT2D eigenvalue weighted by atomic mass is 32.2. The lowest BCUT2D eigenvalue weighted by Crippen LogP contribution is -2.41. The molecule has 17 heavy (non-hydrogen) atoms. The molecule has 5 nitrogen and oxygen atoms in total. The van der Waals surface area contributed by atoms with Crippen molar-refractivity contribution < 1.29 is 8.42 Å². The molecular weight excluding hydrogens is 238 g/mol. The minimum Gasteiger partial charge on any atom is -0.324 e. The summed E-state index contributed by atoms with van der Waals surface area (Å²) < 4.78 is 26.3. The third kappa shape index (κ3) is 2.41. The van der Waals surface area contributed by atoms with Crippen LogP contribution in [0.15, 0.2) is 28.1 Å². The molecule has 0 amide bonds. The maximum atomic E-state index is 11.9. The molecule has 92 valence electrons. The number of nitrogens with one attached hydrogen (secondary N) is 2. The predicted molar refractivity (Wildman–Crippen MR) is 67.7 cm³/mol. The Kier molecular flexibility index (Phi) is 2.82. The van der Waals surface area contributed by atoms with Crippen LogP contribution in [-0.4, -0.2) is 20.4 Å². The summed E-state index contributed by atoms with van der Waals surface area (Å²) in [6.07, 6.45) is 0. The standard InChI is InChI=1S/C11H15N3O2S/c1-7(2)12-11-13-9-6-8(3)4-5-10(9)17(15,16)14-11/h4-7H,1-3H3,(H2,12,13,14). The lowest BCUT2D eigenvalue weighted by Gasteiger charge is -2.22. The van der Waals surface area contributed by atoms with Crippen molar-refractivity contribution in [1.29, 1.82) is 0 Å². The predicted octanol–water partition coefficient (Wildman–Crippen LogP) is 1.46. The lowest BCUT2D eigenvalue weighted by molar-refractivity contribution is 0.591. The van der Waals surface area contributed by atoms with Crippen LogP contribution in [0.1, 0.15) is 19.4 Å². The summed E-state index contributed by atoms with van der Waals surface area (Å²) in [6.45, 7) is 5.68. The Morgan fingerprint density at radius 2 is 2.00 bits per heavy atom. The molecule has 1 aromatic carbocycles. The molecule has 0 bridgehead atoms. The third-order valence-electron chi connectivity index (χ3n) is 2.30. The van der Waals surface area contributed by atoms with Crippen molar-refractivity contribution >= 4 is 21.7 Å². The molecular formula is C11H15N3O2S. The first-order chi connectivity index (χ1) is 7.88. The van der Waals surface area contributed by atoms with E-state index in [1.54, 1.807) is 18.2 Å². The molecule has 0 aliphatic carbocycles.